The van der Waals surface area contributed by atoms with Crippen LogP contribution in [0.25, 0.3) is 0 Å². The first-order chi connectivity index (χ1) is 6.28. The van der Waals surface area contributed by atoms with E-state index in [1.54, 1.807) is 6.92 Å². The fraction of sp³-hybridized carbons (Fsp3) is 0.909. The molecule has 0 saturated heterocycles. The third kappa shape index (κ3) is 5.22. The van der Waals surface area contributed by atoms with Gasteiger partial charge in [-0.15, -0.1) is 0 Å². The van der Waals surface area contributed by atoms with Crippen molar-refractivity contribution in [1.82, 2.24) is 0 Å². The van der Waals surface area contributed by atoms with Crippen molar-refractivity contribution in [2.24, 2.45) is 5.92 Å². The van der Waals surface area contributed by atoms with Crippen LogP contribution in [0.1, 0.15) is 47.5 Å². The molecule has 2 atom stereocenters. The van der Waals surface area contributed by atoms with E-state index in [1.165, 1.54) is 0 Å². The van der Waals surface area contributed by atoms with E-state index in [-0.39, 0.29) is 11.9 Å². The second-order valence-electron chi connectivity index (χ2n) is 4.67. The first-order valence-corrected chi connectivity index (χ1v) is 5.19. The van der Waals surface area contributed by atoms with Gasteiger partial charge in [0.25, 0.3) is 0 Å². The molecule has 0 aromatic rings. The van der Waals surface area contributed by atoms with Crippen LogP contribution >= 0.6 is 0 Å². The minimum Gasteiger partial charge on any atom is -0.460 e. The molecule has 0 amide bonds. The number of esters is 1. The molecule has 0 aromatic heterocycles. The van der Waals surface area contributed by atoms with Gasteiger partial charge in [-0.2, -0.15) is 0 Å². The number of rotatable bonds is 4. The molecule has 14 heavy (non-hydrogen) atoms. The average molecular weight is 202 g/mol. The molecule has 0 saturated carbocycles. The Morgan fingerprint density at radius 2 is 1.93 bits per heavy atom. The summed E-state index contributed by atoms with van der Waals surface area (Å²) in [4.78, 5) is 11.6. The highest BCUT2D eigenvalue weighted by atomic mass is 16.6. The highest BCUT2D eigenvalue weighted by molar-refractivity contribution is 5.73. The van der Waals surface area contributed by atoms with Crippen LogP contribution in [0.5, 0.6) is 0 Å². The normalized spacial score (nSPS) is 16.1. The van der Waals surface area contributed by atoms with Crippen LogP contribution in [-0.4, -0.2) is 22.8 Å². The average Bonchev–Trinajstić information content (AvgIpc) is 1.95. The van der Waals surface area contributed by atoms with Gasteiger partial charge >= 0.3 is 5.97 Å². The van der Waals surface area contributed by atoms with Crippen LogP contribution in [0.3, 0.4) is 0 Å². The Kier molecular flexibility index (Phi) is 5.13. The van der Waals surface area contributed by atoms with E-state index in [0.29, 0.717) is 6.42 Å². The van der Waals surface area contributed by atoms with Crippen LogP contribution < -0.4 is 0 Å². The lowest BCUT2D eigenvalue weighted by Gasteiger charge is -2.25. The first-order valence-electron chi connectivity index (χ1n) is 5.19. The van der Waals surface area contributed by atoms with Crippen molar-refractivity contribution in [3.05, 3.63) is 0 Å². The summed E-state index contributed by atoms with van der Waals surface area (Å²) < 4.78 is 5.21. The number of aliphatic hydroxyl groups excluding tert-OH is 1. The van der Waals surface area contributed by atoms with Crippen molar-refractivity contribution < 1.29 is 14.6 Å². The van der Waals surface area contributed by atoms with E-state index >= 15 is 0 Å². The van der Waals surface area contributed by atoms with E-state index in [9.17, 15) is 9.90 Å². The Morgan fingerprint density at radius 1 is 1.43 bits per heavy atom. The van der Waals surface area contributed by atoms with Crippen molar-refractivity contribution >= 4 is 5.97 Å². The summed E-state index contributed by atoms with van der Waals surface area (Å²) in [6.07, 6.45) is 0.909. The third-order valence-corrected chi connectivity index (χ3v) is 1.89. The van der Waals surface area contributed by atoms with Crippen LogP contribution in [0.4, 0.5) is 0 Å². The van der Waals surface area contributed by atoms with Gasteiger partial charge in [0.2, 0.25) is 0 Å². The molecule has 0 unspecified atom stereocenters. The number of carbonyl (C=O) groups is 1. The molecule has 0 rings (SSSR count). The molecule has 0 aliphatic carbocycles. The smallest absolute Gasteiger partial charge is 0.312 e. The van der Waals surface area contributed by atoms with Gasteiger partial charge in [-0.1, -0.05) is 13.3 Å². The predicted octanol–water partition coefficient (Wildman–Crippen LogP) is 2.13. The minimum atomic E-state index is -0.634. The van der Waals surface area contributed by atoms with Gasteiger partial charge in [0.15, 0.2) is 0 Å². The predicted molar refractivity (Wildman–Crippen MR) is 55.9 cm³/mol. The lowest BCUT2D eigenvalue weighted by Crippen LogP contribution is -2.33. The molecule has 0 aliphatic rings. The zero-order valence-corrected chi connectivity index (χ0v) is 9.83. The van der Waals surface area contributed by atoms with Crippen molar-refractivity contribution in [1.29, 1.82) is 0 Å². The summed E-state index contributed by atoms with van der Waals surface area (Å²) in [6, 6.07) is 0. The minimum absolute atomic E-state index is 0.297. The zero-order chi connectivity index (χ0) is 11.4. The largest absolute Gasteiger partial charge is 0.460 e. The molecule has 84 valence electrons. The maximum Gasteiger partial charge on any atom is 0.312 e. The van der Waals surface area contributed by atoms with Gasteiger partial charge in [0.1, 0.15) is 5.60 Å². The van der Waals surface area contributed by atoms with Gasteiger partial charge in [-0.3, -0.25) is 4.79 Å². The second-order valence-corrected chi connectivity index (χ2v) is 4.67. The molecule has 3 heteroatoms. The molecular formula is C11H22O3. The van der Waals surface area contributed by atoms with Crippen molar-refractivity contribution in [3.63, 3.8) is 0 Å². The molecule has 0 fully saturated rings. The van der Waals surface area contributed by atoms with Crippen LogP contribution in [0.2, 0.25) is 0 Å². The van der Waals surface area contributed by atoms with Gasteiger partial charge in [0, 0.05) is 0 Å². The summed E-state index contributed by atoms with van der Waals surface area (Å²) in [5.41, 5.74) is -0.474. The Hall–Kier alpha value is -0.570. The quantitative estimate of drug-likeness (QED) is 0.710. The number of ether oxygens (including phenoxy) is 1. The topological polar surface area (TPSA) is 46.5 Å². The fourth-order valence-corrected chi connectivity index (χ4v) is 1.24. The van der Waals surface area contributed by atoms with Crippen LogP contribution in [0.15, 0.2) is 0 Å². The highest BCUT2D eigenvalue weighted by Crippen LogP contribution is 2.17. The fourth-order valence-electron chi connectivity index (χ4n) is 1.24. The Balaban J connectivity index is 4.30. The molecule has 3 nitrogen and oxygen atoms in total. The Labute approximate surface area is 86.5 Å². The maximum atomic E-state index is 11.6. The van der Waals surface area contributed by atoms with Crippen LogP contribution in [-0.2, 0) is 9.53 Å². The SMILES string of the molecule is CCC[C@@H](C(=O)OC(C)(C)C)[C@H](C)O. The van der Waals surface area contributed by atoms with Gasteiger partial charge in [-0.05, 0) is 34.1 Å². The molecule has 0 aromatic carbocycles. The van der Waals surface area contributed by atoms with Crippen molar-refractivity contribution in [2.45, 2.75) is 59.2 Å². The number of carbonyl (C=O) groups excluding carboxylic acids is 1. The maximum absolute atomic E-state index is 11.6. The zero-order valence-electron chi connectivity index (χ0n) is 9.83. The highest BCUT2D eigenvalue weighted by Gasteiger charge is 2.27. The molecule has 0 spiro atoms. The molecule has 0 aliphatic heterocycles. The molecule has 0 radical (unpaired) electrons. The number of hydrogen-bond donors (Lipinski definition) is 1. The van der Waals surface area contributed by atoms with E-state index < -0.39 is 11.7 Å². The number of hydrogen-bond acceptors (Lipinski definition) is 3. The summed E-state index contributed by atoms with van der Waals surface area (Å²) in [7, 11) is 0. The Bertz CT molecular complexity index is 179. The first kappa shape index (κ1) is 13.4. The second kappa shape index (κ2) is 5.35. The summed E-state index contributed by atoms with van der Waals surface area (Å²) in [6.45, 7) is 9.10. The molecule has 1 N–H and O–H groups in total. The summed E-state index contributed by atoms with van der Waals surface area (Å²) in [5.74, 6) is -0.687. The Morgan fingerprint density at radius 3 is 2.21 bits per heavy atom. The lowest BCUT2D eigenvalue weighted by atomic mass is 9.98. The molecule has 0 bridgehead atoms. The molecular weight excluding hydrogens is 180 g/mol. The standard InChI is InChI=1S/C11H22O3/c1-6-7-9(8(2)12)10(13)14-11(3,4)5/h8-9,12H,6-7H2,1-5H3/t8-,9+/m0/s1. The monoisotopic (exact) mass is 202 g/mol. The molecule has 0 heterocycles. The van der Waals surface area contributed by atoms with E-state index in [1.807, 2.05) is 27.7 Å². The number of aliphatic hydroxyl groups is 1. The van der Waals surface area contributed by atoms with Gasteiger partial charge < -0.3 is 9.84 Å². The van der Waals surface area contributed by atoms with Gasteiger partial charge in [0.05, 0.1) is 12.0 Å². The lowest BCUT2D eigenvalue weighted by molar-refractivity contribution is -0.163. The van der Waals surface area contributed by atoms with Crippen molar-refractivity contribution in [2.75, 3.05) is 0 Å². The van der Waals surface area contributed by atoms with E-state index in [4.69, 9.17) is 4.74 Å². The van der Waals surface area contributed by atoms with Crippen molar-refractivity contribution in [3.8, 4) is 0 Å². The summed E-state index contributed by atoms with van der Waals surface area (Å²) in [5, 5.41) is 9.41. The van der Waals surface area contributed by atoms with Gasteiger partial charge in [-0.25, -0.2) is 0 Å². The third-order valence-electron chi connectivity index (χ3n) is 1.89. The van der Waals surface area contributed by atoms with Crippen LogP contribution in [0, 0.1) is 5.92 Å². The van der Waals surface area contributed by atoms with E-state index in [2.05, 4.69) is 0 Å². The van der Waals surface area contributed by atoms with E-state index in [0.717, 1.165) is 6.42 Å². The summed E-state index contributed by atoms with van der Waals surface area (Å²) >= 11 is 0.